The van der Waals surface area contributed by atoms with E-state index < -0.39 is 0 Å². The molecule has 0 spiro atoms. The second-order valence-electron chi connectivity index (χ2n) is 10.5. The van der Waals surface area contributed by atoms with Crippen molar-refractivity contribution < 1.29 is 4.79 Å². The second kappa shape index (κ2) is 12.7. The molecule has 2 aliphatic rings. The van der Waals surface area contributed by atoms with Crippen LogP contribution in [0.2, 0.25) is 0 Å². The van der Waals surface area contributed by atoms with Gasteiger partial charge in [-0.15, -0.1) is 0 Å². The van der Waals surface area contributed by atoms with Crippen molar-refractivity contribution in [2.75, 3.05) is 49.1 Å². The number of nitrogens with zero attached hydrogens (tertiary/aromatic N) is 6. The minimum Gasteiger partial charge on any atom is -0.370 e. The fourth-order valence-corrected chi connectivity index (χ4v) is 5.89. The van der Waals surface area contributed by atoms with Gasteiger partial charge in [0.15, 0.2) is 0 Å². The van der Waals surface area contributed by atoms with E-state index in [-0.39, 0.29) is 13.3 Å². The van der Waals surface area contributed by atoms with Crippen LogP contribution in [0, 0.1) is 42.4 Å². The summed E-state index contributed by atoms with van der Waals surface area (Å²) in [7, 11) is 0. The molecule has 0 radical (unpaired) electrons. The number of piperidine rings is 1. The Morgan fingerprint density at radius 3 is 1.90 bits per heavy atom. The number of pyridine rings is 1. The number of hydrogen-bond donors (Lipinski definition) is 0. The minimum atomic E-state index is 0. The molecule has 2 fully saturated rings. The van der Waals surface area contributed by atoms with E-state index in [9.17, 15) is 15.3 Å². The smallest absolute Gasteiger partial charge is 0.255 e. The van der Waals surface area contributed by atoms with Crippen molar-refractivity contribution in [3.05, 3.63) is 88.2 Å². The van der Waals surface area contributed by atoms with Crippen LogP contribution in [0.15, 0.2) is 54.6 Å². The van der Waals surface area contributed by atoms with E-state index in [2.05, 4.69) is 28.0 Å². The number of hydrogen-bond acceptors (Lipinski definition) is 6. The average Bonchev–Trinajstić information content (AvgIpc) is 2.98. The van der Waals surface area contributed by atoms with E-state index in [0.29, 0.717) is 43.2 Å². The van der Waals surface area contributed by atoms with Crippen LogP contribution >= 0.6 is 0 Å². The molecular weight excluding hydrogens is 496 g/mol. The number of aromatic nitrogens is 1. The summed E-state index contributed by atoms with van der Waals surface area (Å²) < 4.78 is 0. The summed E-state index contributed by atoms with van der Waals surface area (Å²) in [4.78, 5) is 24.8. The van der Waals surface area contributed by atoms with E-state index in [1.54, 1.807) is 0 Å². The first-order chi connectivity index (χ1) is 19.0. The van der Waals surface area contributed by atoms with E-state index >= 15 is 0 Å². The Hall–Kier alpha value is -4.36. The van der Waals surface area contributed by atoms with Crippen molar-refractivity contribution >= 4 is 17.3 Å². The van der Waals surface area contributed by atoms with Gasteiger partial charge in [-0.2, -0.15) is 10.5 Å². The third-order valence-corrected chi connectivity index (χ3v) is 8.16. The summed E-state index contributed by atoms with van der Waals surface area (Å²) in [5, 5.41) is 18.9. The van der Waals surface area contributed by atoms with Crippen LogP contribution in [0.3, 0.4) is 0 Å². The molecule has 5 rings (SSSR count). The lowest BCUT2D eigenvalue weighted by Crippen LogP contribution is -2.49. The highest BCUT2D eigenvalue weighted by Crippen LogP contribution is 2.29. The molecule has 1 aromatic heterocycles. The first-order valence-electron chi connectivity index (χ1n) is 13.7. The molecule has 2 aromatic carbocycles. The fourth-order valence-electron chi connectivity index (χ4n) is 5.89. The highest BCUT2D eigenvalue weighted by molar-refractivity contribution is 5.95. The molecule has 0 unspecified atom stereocenters. The number of rotatable bonds is 5. The van der Waals surface area contributed by atoms with Gasteiger partial charge < -0.3 is 14.7 Å². The molecule has 1 amide bonds. The molecular formula is C33H38N6O. The number of benzene rings is 2. The number of aryl methyl sites for hydroxylation is 2. The molecule has 2 aliphatic heterocycles. The summed E-state index contributed by atoms with van der Waals surface area (Å²) in [5.41, 5.74) is 6.98. The van der Waals surface area contributed by atoms with Gasteiger partial charge in [0.05, 0.1) is 33.8 Å². The zero-order valence-corrected chi connectivity index (χ0v) is 22.7. The first-order valence-corrected chi connectivity index (χ1v) is 13.7. The van der Waals surface area contributed by atoms with Crippen molar-refractivity contribution in [1.29, 1.82) is 10.5 Å². The Morgan fingerprint density at radius 2 is 1.35 bits per heavy atom. The predicted molar refractivity (Wildman–Crippen MR) is 160 cm³/mol. The maximum atomic E-state index is 13.6. The van der Waals surface area contributed by atoms with Gasteiger partial charge in [-0.25, -0.2) is 0 Å². The molecule has 0 bridgehead atoms. The topological polar surface area (TPSA) is 87.3 Å². The molecule has 3 heterocycles. The maximum absolute atomic E-state index is 13.6. The zero-order valence-electron chi connectivity index (χ0n) is 22.7. The Labute approximate surface area is 238 Å². The number of carbonyl (C=O) groups is 1. The minimum absolute atomic E-state index is 0. The van der Waals surface area contributed by atoms with Crippen molar-refractivity contribution in [3.8, 4) is 12.1 Å². The highest BCUT2D eigenvalue weighted by Gasteiger charge is 2.27. The van der Waals surface area contributed by atoms with Crippen molar-refractivity contribution in [3.63, 3.8) is 0 Å². The van der Waals surface area contributed by atoms with Gasteiger partial charge in [-0.1, -0.05) is 31.7 Å². The number of nitriles is 2. The number of piperazine rings is 1. The molecule has 7 nitrogen and oxygen atoms in total. The summed E-state index contributed by atoms with van der Waals surface area (Å²) in [6.07, 6.45) is 3.00. The summed E-state index contributed by atoms with van der Waals surface area (Å²) >= 11 is 0. The Kier molecular flexibility index (Phi) is 9.07. The van der Waals surface area contributed by atoms with E-state index in [1.165, 1.54) is 0 Å². The monoisotopic (exact) mass is 534 g/mol. The fraction of sp³-hybridized carbons (Fsp3) is 0.394. The molecule has 206 valence electrons. The lowest BCUT2D eigenvalue weighted by atomic mass is 9.88. The molecule has 2 saturated heterocycles. The SMILES string of the molecule is C.Cc1nc(C)c(C(=O)N2CCN(c3ccccc3C#N)CC2)cc1CC1CCN(c2ccccc2C#N)CC1. The van der Waals surface area contributed by atoms with Crippen molar-refractivity contribution in [1.82, 2.24) is 9.88 Å². The van der Waals surface area contributed by atoms with Crippen LogP contribution in [0.4, 0.5) is 11.4 Å². The lowest BCUT2D eigenvalue weighted by molar-refractivity contribution is 0.0745. The van der Waals surface area contributed by atoms with Crippen LogP contribution in [0.1, 0.15) is 58.7 Å². The predicted octanol–water partition coefficient (Wildman–Crippen LogP) is 5.50. The van der Waals surface area contributed by atoms with Gasteiger partial charge in [0.1, 0.15) is 12.1 Å². The summed E-state index contributed by atoms with van der Waals surface area (Å²) in [6.45, 7) is 8.44. The van der Waals surface area contributed by atoms with Gasteiger partial charge in [0, 0.05) is 45.0 Å². The molecule has 7 heteroatoms. The second-order valence-corrected chi connectivity index (χ2v) is 10.5. The van der Waals surface area contributed by atoms with E-state index in [0.717, 1.165) is 66.2 Å². The highest BCUT2D eigenvalue weighted by atomic mass is 16.2. The van der Waals surface area contributed by atoms with Crippen LogP contribution in [-0.2, 0) is 6.42 Å². The average molecular weight is 535 g/mol. The molecule has 0 atom stereocenters. The maximum Gasteiger partial charge on any atom is 0.255 e. The third kappa shape index (κ3) is 5.95. The van der Waals surface area contributed by atoms with E-state index in [1.807, 2.05) is 67.3 Å². The van der Waals surface area contributed by atoms with Crippen LogP contribution < -0.4 is 9.80 Å². The standard InChI is InChI=1S/C32H34N6O.CH4/c1-23-28(19-25-11-13-36(14-12-25)30-9-5-3-7-26(30)21-33)20-29(24(2)35-23)32(39)38-17-15-37(16-18-38)31-10-6-4-8-27(31)22-34;/h3-10,20,25H,11-19H2,1-2H3;1H4. The molecule has 0 aliphatic carbocycles. The van der Waals surface area contributed by atoms with Gasteiger partial charge >= 0.3 is 0 Å². The largest absolute Gasteiger partial charge is 0.370 e. The van der Waals surface area contributed by atoms with E-state index in [4.69, 9.17) is 4.98 Å². The normalized spacial score (nSPS) is 15.7. The summed E-state index contributed by atoms with van der Waals surface area (Å²) in [5.74, 6) is 0.558. The molecule has 0 saturated carbocycles. The van der Waals surface area contributed by atoms with Gasteiger partial charge in [0.2, 0.25) is 0 Å². The van der Waals surface area contributed by atoms with Gasteiger partial charge in [-0.05, 0) is 74.9 Å². The lowest BCUT2D eigenvalue weighted by Gasteiger charge is -2.36. The third-order valence-electron chi connectivity index (χ3n) is 8.16. The number of anilines is 2. The van der Waals surface area contributed by atoms with Crippen molar-refractivity contribution in [2.24, 2.45) is 5.92 Å². The molecule has 3 aromatic rings. The number of para-hydroxylation sites is 2. The van der Waals surface area contributed by atoms with Crippen LogP contribution in [-0.4, -0.2) is 55.1 Å². The first kappa shape index (κ1) is 28.6. The Balaban J connectivity index is 0.00000370. The number of amides is 1. The quantitative estimate of drug-likeness (QED) is 0.430. The van der Waals surface area contributed by atoms with Gasteiger partial charge in [-0.3, -0.25) is 9.78 Å². The molecule has 0 N–H and O–H groups in total. The summed E-state index contributed by atoms with van der Waals surface area (Å²) in [6, 6.07) is 22.1. The van der Waals surface area contributed by atoms with Crippen LogP contribution in [0.5, 0.6) is 0 Å². The van der Waals surface area contributed by atoms with Gasteiger partial charge in [0.25, 0.3) is 5.91 Å². The number of carbonyl (C=O) groups excluding carboxylic acids is 1. The Bertz CT molecular complexity index is 1440. The zero-order chi connectivity index (χ0) is 27.4. The van der Waals surface area contributed by atoms with Crippen molar-refractivity contribution in [2.45, 2.75) is 40.5 Å². The Morgan fingerprint density at radius 1 is 0.825 bits per heavy atom. The molecule has 40 heavy (non-hydrogen) atoms. The van der Waals surface area contributed by atoms with Crippen LogP contribution in [0.25, 0.3) is 0 Å².